The normalized spacial score (nSPS) is 11.2. The van der Waals surface area contributed by atoms with Crippen molar-refractivity contribution in [2.75, 3.05) is 23.9 Å². The smallest absolute Gasteiger partial charge is 0.356 e. The average molecular weight is 292 g/mol. The third-order valence-electron chi connectivity index (χ3n) is 1.90. The van der Waals surface area contributed by atoms with Gasteiger partial charge in [0.1, 0.15) is 14.7 Å². The van der Waals surface area contributed by atoms with Crippen LogP contribution in [0.15, 0.2) is 0 Å². The third kappa shape index (κ3) is 4.08. The highest BCUT2D eigenvalue weighted by Gasteiger charge is 2.20. The molecule has 1 aromatic heterocycles. The van der Waals surface area contributed by atoms with Gasteiger partial charge >= 0.3 is 5.97 Å². The number of aromatic nitrogens is 1. The monoisotopic (exact) mass is 292 g/mol. The van der Waals surface area contributed by atoms with Crippen LogP contribution < -0.4 is 5.32 Å². The van der Waals surface area contributed by atoms with Crippen LogP contribution >= 0.6 is 11.3 Å². The van der Waals surface area contributed by atoms with E-state index in [4.69, 9.17) is 5.11 Å². The lowest BCUT2D eigenvalue weighted by Crippen LogP contribution is -2.14. The molecule has 0 bridgehead atoms. The summed E-state index contributed by atoms with van der Waals surface area (Å²) >= 11 is 0.899. The first-order chi connectivity index (χ1) is 8.20. The van der Waals surface area contributed by atoms with Gasteiger partial charge in [-0.15, -0.1) is 0 Å². The molecule has 0 aliphatic rings. The summed E-state index contributed by atoms with van der Waals surface area (Å²) in [5.74, 6) is -1.77. The predicted molar refractivity (Wildman–Crippen MR) is 67.3 cm³/mol. The van der Waals surface area contributed by atoms with Gasteiger partial charge in [-0.05, 0) is 0 Å². The lowest BCUT2D eigenvalue weighted by molar-refractivity contribution is 0.0687. The van der Waals surface area contributed by atoms with E-state index < -0.39 is 15.8 Å². The Morgan fingerprint density at radius 2 is 2.06 bits per heavy atom. The number of carbonyl (C=O) groups excluding carboxylic acids is 1. The number of carboxylic acid groups (broad SMARTS) is 1. The number of anilines is 1. The van der Waals surface area contributed by atoms with E-state index in [0.717, 1.165) is 17.6 Å². The summed E-state index contributed by atoms with van der Waals surface area (Å²) in [5, 5.41) is 11.8. The van der Waals surface area contributed by atoms with Crippen LogP contribution in [0, 0.1) is 0 Å². The zero-order valence-corrected chi connectivity index (χ0v) is 11.4. The van der Waals surface area contributed by atoms with Gasteiger partial charge in [0.25, 0.3) is 0 Å². The fraction of sp³-hybridized carbons (Fsp3) is 0.444. The van der Waals surface area contributed by atoms with Crippen molar-refractivity contribution in [3.8, 4) is 0 Å². The summed E-state index contributed by atoms with van der Waals surface area (Å²) in [7, 11) is -3.10. The van der Waals surface area contributed by atoms with E-state index in [1.54, 1.807) is 0 Å². The Balaban J connectivity index is 2.83. The van der Waals surface area contributed by atoms with Crippen LogP contribution in [0.2, 0.25) is 0 Å². The van der Waals surface area contributed by atoms with E-state index in [9.17, 15) is 18.0 Å². The highest BCUT2D eigenvalue weighted by atomic mass is 32.2. The molecule has 0 aliphatic heterocycles. The van der Waals surface area contributed by atoms with E-state index in [0.29, 0.717) is 0 Å². The number of nitrogens with one attached hydrogen (secondary N) is 1. The van der Waals surface area contributed by atoms with E-state index in [1.165, 1.54) is 6.92 Å². The predicted octanol–water partition coefficient (Wildman–Crippen LogP) is 0.500. The van der Waals surface area contributed by atoms with Gasteiger partial charge in [0, 0.05) is 19.7 Å². The van der Waals surface area contributed by atoms with Gasteiger partial charge in [-0.1, -0.05) is 11.3 Å². The maximum absolute atomic E-state index is 11.2. The summed E-state index contributed by atoms with van der Waals surface area (Å²) < 4.78 is 21.8. The number of nitrogens with zero attached hydrogens (tertiary/aromatic N) is 1. The second-order valence-corrected chi connectivity index (χ2v) is 6.87. The van der Waals surface area contributed by atoms with Crippen molar-refractivity contribution >= 4 is 38.1 Å². The molecule has 0 aromatic carbocycles. The number of hydrogen-bond acceptors (Lipinski definition) is 7. The van der Waals surface area contributed by atoms with Crippen LogP contribution in [0.1, 0.15) is 27.1 Å². The summed E-state index contributed by atoms with van der Waals surface area (Å²) in [5.41, 5.74) is -0.311. The molecule has 0 fully saturated rings. The molecule has 1 heterocycles. The van der Waals surface area contributed by atoms with Crippen LogP contribution in [0.5, 0.6) is 0 Å². The molecule has 0 aliphatic carbocycles. The Kier molecular flexibility index (Phi) is 4.41. The Bertz CT molecular complexity index is 544. The summed E-state index contributed by atoms with van der Waals surface area (Å²) in [4.78, 5) is 25.8. The second-order valence-electron chi connectivity index (χ2n) is 3.61. The molecular weight excluding hydrogens is 280 g/mol. The topological polar surface area (TPSA) is 113 Å². The lowest BCUT2D eigenvalue weighted by Gasteiger charge is -1.99. The fourth-order valence-corrected chi connectivity index (χ4v) is 2.47. The SMILES string of the molecule is CC(=O)c1sc(NCCS(C)(=O)=O)nc1C(=O)O. The zero-order chi connectivity index (χ0) is 13.9. The third-order valence-corrected chi connectivity index (χ3v) is 3.96. The Morgan fingerprint density at radius 3 is 2.44 bits per heavy atom. The van der Waals surface area contributed by atoms with E-state index >= 15 is 0 Å². The maximum Gasteiger partial charge on any atom is 0.356 e. The first kappa shape index (κ1) is 14.6. The van der Waals surface area contributed by atoms with Crippen molar-refractivity contribution in [2.45, 2.75) is 6.92 Å². The number of ketones is 1. The van der Waals surface area contributed by atoms with Gasteiger partial charge in [0.15, 0.2) is 16.6 Å². The molecule has 0 unspecified atom stereocenters. The molecule has 9 heteroatoms. The van der Waals surface area contributed by atoms with Gasteiger partial charge < -0.3 is 10.4 Å². The van der Waals surface area contributed by atoms with Gasteiger partial charge in [0.05, 0.1) is 5.75 Å². The highest BCUT2D eigenvalue weighted by Crippen LogP contribution is 2.23. The quantitative estimate of drug-likeness (QED) is 0.734. The van der Waals surface area contributed by atoms with Crippen LogP contribution in [-0.2, 0) is 9.84 Å². The Morgan fingerprint density at radius 1 is 1.44 bits per heavy atom. The molecule has 1 aromatic rings. The Hall–Kier alpha value is -1.48. The summed E-state index contributed by atoms with van der Waals surface area (Å²) in [6.07, 6.45) is 1.10. The van der Waals surface area contributed by atoms with E-state index in [-0.39, 0.29) is 33.8 Å². The van der Waals surface area contributed by atoms with Crippen molar-refractivity contribution in [1.82, 2.24) is 4.98 Å². The molecule has 0 spiro atoms. The van der Waals surface area contributed by atoms with Crippen molar-refractivity contribution in [2.24, 2.45) is 0 Å². The molecule has 2 N–H and O–H groups in total. The van der Waals surface area contributed by atoms with Gasteiger partial charge in [0.2, 0.25) is 0 Å². The van der Waals surface area contributed by atoms with Gasteiger partial charge in [-0.3, -0.25) is 4.79 Å². The minimum atomic E-state index is -3.10. The van der Waals surface area contributed by atoms with E-state index in [2.05, 4.69) is 10.3 Å². The first-order valence-electron chi connectivity index (χ1n) is 4.87. The number of sulfone groups is 1. The molecular formula is C9H12N2O5S2. The average Bonchev–Trinajstić information content (AvgIpc) is 2.60. The molecule has 0 radical (unpaired) electrons. The number of aromatic carboxylic acids is 1. The van der Waals surface area contributed by atoms with Crippen molar-refractivity contribution < 1.29 is 23.1 Å². The standard InChI is InChI=1S/C9H12N2O5S2/c1-5(12)7-6(8(13)14)11-9(17-7)10-3-4-18(2,15)16/h3-4H2,1-2H3,(H,10,11)(H,13,14). The maximum atomic E-state index is 11.2. The minimum Gasteiger partial charge on any atom is -0.476 e. The molecule has 0 saturated heterocycles. The van der Waals surface area contributed by atoms with Crippen LogP contribution in [0.3, 0.4) is 0 Å². The van der Waals surface area contributed by atoms with Crippen molar-refractivity contribution in [3.05, 3.63) is 10.6 Å². The number of Topliss-reactive ketones (excluding diaryl/α,β-unsaturated/α-hetero) is 1. The van der Waals surface area contributed by atoms with Crippen molar-refractivity contribution in [1.29, 1.82) is 0 Å². The summed E-state index contributed by atoms with van der Waals surface area (Å²) in [6, 6.07) is 0. The molecule has 1 rings (SSSR count). The van der Waals surface area contributed by atoms with Gasteiger partial charge in [-0.25, -0.2) is 18.2 Å². The van der Waals surface area contributed by atoms with Crippen LogP contribution in [0.4, 0.5) is 5.13 Å². The molecule has 0 atom stereocenters. The number of hydrogen-bond donors (Lipinski definition) is 2. The lowest BCUT2D eigenvalue weighted by atomic mass is 10.3. The summed E-state index contributed by atoms with van der Waals surface area (Å²) in [6.45, 7) is 1.36. The fourth-order valence-electron chi connectivity index (χ4n) is 1.12. The number of carbonyl (C=O) groups is 2. The number of carboxylic acids is 1. The molecule has 18 heavy (non-hydrogen) atoms. The second kappa shape index (κ2) is 5.44. The first-order valence-corrected chi connectivity index (χ1v) is 7.75. The Labute approximate surface area is 108 Å². The highest BCUT2D eigenvalue weighted by molar-refractivity contribution is 7.90. The van der Waals surface area contributed by atoms with Crippen LogP contribution in [0.25, 0.3) is 0 Å². The molecule has 0 amide bonds. The molecule has 7 nitrogen and oxygen atoms in total. The molecule has 0 saturated carbocycles. The van der Waals surface area contributed by atoms with Crippen LogP contribution in [-0.4, -0.2) is 48.8 Å². The number of thiazole rings is 1. The molecule has 100 valence electrons. The van der Waals surface area contributed by atoms with Gasteiger partial charge in [-0.2, -0.15) is 0 Å². The number of rotatable bonds is 6. The zero-order valence-electron chi connectivity index (χ0n) is 9.76. The van der Waals surface area contributed by atoms with Crippen molar-refractivity contribution in [3.63, 3.8) is 0 Å². The minimum absolute atomic E-state index is 0.0457. The largest absolute Gasteiger partial charge is 0.476 e. The van der Waals surface area contributed by atoms with E-state index in [1.807, 2.05) is 0 Å².